The highest BCUT2D eigenvalue weighted by atomic mass is 19.4. The number of ether oxygens (including phenoxy) is 1. The molecule has 1 amide bonds. The molecule has 0 aliphatic carbocycles. The summed E-state index contributed by atoms with van der Waals surface area (Å²) >= 11 is 0. The largest absolute Gasteiger partial charge is 0.573 e. The normalized spacial score (nSPS) is 14.5. The summed E-state index contributed by atoms with van der Waals surface area (Å²) in [5, 5.41) is 12.0. The molecule has 15 heteroatoms. The van der Waals surface area contributed by atoms with Crippen LogP contribution in [0.15, 0.2) is 53.1 Å². The fraction of sp³-hybridized carbons (Fsp3) is 0.296. The van der Waals surface area contributed by atoms with Crippen LogP contribution in [-0.4, -0.2) is 46.9 Å². The van der Waals surface area contributed by atoms with Gasteiger partial charge in [-0.15, -0.1) is 13.2 Å². The molecule has 0 radical (unpaired) electrons. The number of carbonyl (C=O) groups excluding carboxylic acids is 1. The number of amides is 1. The van der Waals surface area contributed by atoms with E-state index in [0.717, 1.165) is 18.3 Å². The van der Waals surface area contributed by atoms with Crippen LogP contribution in [0, 0.1) is 17.2 Å². The number of hydrogen-bond donors (Lipinski definition) is 1. The van der Waals surface area contributed by atoms with Gasteiger partial charge in [0.1, 0.15) is 11.2 Å². The number of fused-ring (bicyclic) bond motifs is 1. The van der Waals surface area contributed by atoms with Gasteiger partial charge in [-0.25, -0.2) is 15.0 Å². The molecule has 0 bridgehead atoms. The van der Waals surface area contributed by atoms with Crippen molar-refractivity contribution in [1.29, 1.82) is 5.26 Å². The van der Waals surface area contributed by atoms with Crippen molar-refractivity contribution in [2.24, 2.45) is 5.92 Å². The minimum absolute atomic E-state index is 0.00390. The number of nitrogens with one attached hydrogen (secondary N) is 1. The second kappa shape index (κ2) is 11.2. The van der Waals surface area contributed by atoms with Gasteiger partial charge in [0.25, 0.3) is 5.91 Å². The number of benzene rings is 2. The maximum Gasteiger partial charge on any atom is 0.573 e. The third-order valence-corrected chi connectivity index (χ3v) is 6.59. The summed E-state index contributed by atoms with van der Waals surface area (Å²) in [6.07, 6.45) is -7.25. The molecule has 2 aromatic heterocycles. The monoisotopic (exact) mass is 590 g/mol. The van der Waals surface area contributed by atoms with Crippen molar-refractivity contribution in [3.05, 3.63) is 65.5 Å². The van der Waals surface area contributed by atoms with Crippen LogP contribution in [0.1, 0.15) is 34.5 Å². The molecule has 1 fully saturated rings. The standard InChI is InChI=1S/C27H20F6N6O3/c28-26(29,30)21-5-8-35-25(38-21)39-9-6-15(7-10-39)14-36-23(40)17-1-3-18(4-2-17)24-37-19-11-16(13-34)12-20(22(19)41-24)42-27(31,32)33/h1-5,8,11-12,15H,6-7,9-10,14H2,(H,36,40). The molecular formula is C27H20F6N6O3. The van der Waals surface area contributed by atoms with E-state index in [2.05, 4.69) is 25.0 Å². The molecule has 42 heavy (non-hydrogen) atoms. The molecule has 2 aromatic carbocycles. The molecular weight excluding hydrogens is 570 g/mol. The Morgan fingerprint density at radius 2 is 1.79 bits per heavy atom. The smallest absolute Gasteiger partial charge is 0.432 e. The van der Waals surface area contributed by atoms with Crippen LogP contribution in [0.2, 0.25) is 0 Å². The third kappa shape index (κ3) is 6.54. The van der Waals surface area contributed by atoms with E-state index in [-0.39, 0.29) is 40.3 Å². The molecule has 0 saturated carbocycles. The molecule has 9 nitrogen and oxygen atoms in total. The van der Waals surface area contributed by atoms with Crippen LogP contribution in [0.4, 0.5) is 32.3 Å². The Morgan fingerprint density at radius 3 is 2.43 bits per heavy atom. The van der Waals surface area contributed by atoms with Gasteiger partial charge in [0.2, 0.25) is 11.8 Å². The highest BCUT2D eigenvalue weighted by Gasteiger charge is 2.34. The Labute approximate surface area is 233 Å². The fourth-order valence-corrected chi connectivity index (χ4v) is 4.49. The molecule has 3 heterocycles. The number of alkyl halides is 6. The first-order valence-corrected chi connectivity index (χ1v) is 12.5. The van der Waals surface area contributed by atoms with E-state index in [1.54, 1.807) is 11.0 Å². The molecule has 0 unspecified atom stereocenters. The van der Waals surface area contributed by atoms with Crippen molar-refractivity contribution in [1.82, 2.24) is 20.3 Å². The Morgan fingerprint density at radius 1 is 1.07 bits per heavy atom. The molecule has 5 rings (SSSR count). The summed E-state index contributed by atoms with van der Waals surface area (Å²) < 4.78 is 86.8. The van der Waals surface area contributed by atoms with Gasteiger partial charge in [-0.05, 0) is 55.2 Å². The van der Waals surface area contributed by atoms with Crippen LogP contribution in [-0.2, 0) is 6.18 Å². The van der Waals surface area contributed by atoms with E-state index in [4.69, 9.17) is 9.68 Å². The molecule has 1 N–H and O–H groups in total. The highest BCUT2D eigenvalue weighted by molar-refractivity contribution is 5.94. The van der Waals surface area contributed by atoms with Gasteiger partial charge in [0.15, 0.2) is 11.3 Å². The first-order chi connectivity index (χ1) is 19.9. The lowest BCUT2D eigenvalue weighted by Gasteiger charge is -2.32. The number of nitriles is 1. The predicted molar refractivity (Wildman–Crippen MR) is 135 cm³/mol. The van der Waals surface area contributed by atoms with Gasteiger partial charge in [-0.2, -0.15) is 18.4 Å². The van der Waals surface area contributed by atoms with Crippen LogP contribution in [0.25, 0.3) is 22.6 Å². The zero-order valence-electron chi connectivity index (χ0n) is 21.5. The van der Waals surface area contributed by atoms with Crippen molar-refractivity contribution in [2.75, 3.05) is 24.5 Å². The summed E-state index contributed by atoms with van der Waals surface area (Å²) in [7, 11) is 0. The van der Waals surface area contributed by atoms with Crippen LogP contribution < -0.4 is 15.0 Å². The van der Waals surface area contributed by atoms with Gasteiger partial charge >= 0.3 is 12.5 Å². The number of halogens is 6. The Bertz CT molecular complexity index is 1640. The minimum Gasteiger partial charge on any atom is -0.432 e. The summed E-state index contributed by atoms with van der Waals surface area (Å²) in [6, 6.07) is 10.8. The Kier molecular flexibility index (Phi) is 7.63. The fourth-order valence-electron chi connectivity index (χ4n) is 4.49. The molecule has 218 valence electrons. The molecule has 0 atom stereocenters. The second-order valence-electron chi connectivity index (χ2n) is 9.46. The van der Waals surface area contributed by atoms with Crippen molar-refractivity contribution in [2.45, 2.75) is 25.4 Å². The lowest BCUT2D eigenvalue weighted by molar-refractivity contribution is -0.274. The van der Waals surface area contributed by atoms with Crippen molar-refractivity contribution >= 4 is 23.0 Å². The lowest BCUT2D eigenvalue weighted by atomic mass is 9.97. The van der Waals surface area contributed by atoms with E-state index in [0.29, 0.717) is 43.6 Å². The number of oxazole rings is 1. The maximum atomic E-state index is 12.9. The van der Waals surface area contributed by atoms with E-state index >= 15 is 0 Å². The Hall–Kier alpha value is -4.87. The Balaban J connectivity index is 1.19. The first kappa shape index (κ1) is 28.7. The highest BCUT2D eigenvalue weighted by Crippen LogP contribution is 2.35. The van der Waals surface area contributed by atoms with Crippen LogP contribution >= 0.6 is 0 Å². The average molecular weight is 590 g/mol. The van der Waals surface area contributed by atoms with Gasteiger partial charge in [-0.3, -0.25) is 4.79 Å². The van der Waals surface area contributed by atoms with E-state index in [9.17, 15) is 31.1 Å². The zero-order valence-corrected chi connectivity index (χ0v) is 21.5. The number of nitrogens with zero attached hydrogens (tertiary/aromatic N) is 5. The number of rotatable bonds is 6. The van der Waals surface area contributed by atoms with Crippen molar-refractivity contribution in [3.8, 4) is 23.3 Å². The zero-order chi connectivity index (χ0) is 30.1. The van der Waals surface area contributed by atoms with E-state index in [1.807, 2.05) is 0 Å². The summed E-state index contributed by atoms with van der Waals surface area (Å²) in [5.41, 5.74) is -0.689. The topological polar surface area (TPSA) is 117 Å². The van der Waals surface area contributed by atoms with E-state index < -0.39 is 24.0 Å². The summed E-state index contributed by atoms with van der Waals surface area (Å²) in [6.45, 7) is 1.23. The SMILES string of the molecule is N#Cc1cc(OC(F)(F)F)c2oc(-c3ccc(C(=O)NCC4CCN(c5nccc(C(F)(F)F)n5)CC4)cc3)nc2c1. The van der Waals surface area contributed by atoms with Crippen molar-refractivity contribution in [3.63, 3.8) is 0 Å². The van der Waals surface area contributed by atoms with E-state index in [1.165, 1.54) is 30.3 Å². The molecule has 4 aromatic rings. The predicted octanol–water partition coefficient (Wildman–Crippen LogP) is 5.72. The summed E-state index contributed by atoms with van der Waals surface area (Å²) in [5.74, 6) is -0.972. The number of aromatic nitrogens is 3. The van der Waals surface area contributed by atoms with Crippen molar-refractivity contribution < 1.29 is 40.3 Å². The van der Waals surface area contributed by atoms with Gasteiger partial charge < -0.3 is 19.4 Å². The van der Waals surface area contributed by atoms with Crippen LogP contribution in [0.5, 0.6) is 5.75 Å². The van der Waals surface area contributed by atoms with Gasteiger partial charge in [0.05, 0.1) is 11.6 Å². The average Bonchev–Trinajstić information content (AvgIpc) is 3.40. The van der Waals surface area contributed by atoms with Gasteiger partial charge in [-0.1, -0.05) is 0 Å². The third-order valence-electron chi connectivity index (χ3n) is 6.59. The number of hydrogen-bond acceptors (Lipinski definition) is 8. The number of anilines is 1. The minimum atomic E-state index is -5.00. The molecule has 1 saturated heterocycles. The maximum absolute atomic E-state index is 12.9. The second-order valence-corrected chi connectivity index (χ2v) is 9.46. The quantitative estimate of drug-likeness (QED) is 0.284. The lowest BCUT2D eigenvalue weighted by Crippen LogP contribution is -2.39. The van der Waals surface area contributed by atoms with Crippen LogP contribution in [0.3, 0.4) is 0 Å². The molecule has 1 aliphatic heterocycles. The molecule has 1 aliphatic rings. The number of piperidine rings is 1. The number of carbonyl (C=O) groups is 1. The van der Waals surface area contributed by atoms with Gasteiger partial charge in [0, 0.05) is 43.0 Å². The first-order valence-electron chi connectivity index (χ1n) is 12.5. The summed E-state index contributed by atoms with van der Waals surface area (Å²) in [4.78, 5) is 26.1. The molecule has 0 spiro atoms.